The quantitative estimate of drug-likeness (QED) is 0.820. The highest BCUT2D eigenvalue weighted by molar-refractivity contribution is 5.42. The van der Waals surface area contributed by atoms with Gasteiger partial charge in [0.15, 0.2) is 0 Å². The largest absolute Gasteiger partial charge is 0.385 e. The fourth-order valence-electron chi connectivity index (χ4n) is 1.51. The Bertz CT molecular complexity index is 406. The smallest absolute Gasteiger partial charge is 0.110 e. The first kappa shape index (κ1) is 9.77. The van der Waals surface area contributed by atoms with Crippen molar-refractivity contribution in [1.29, 1.82) is 0 Å². The van der Waals surface area contributed by atoms with Crippen LogP contribution in [-0.4, -0.2) is 16.1 Å². The Morgan fingerprint density at radius 3 is 2.73 bits per heavy atom. The van der Waals surface area contributed by atoms with Gasteiger partial charge in [-0.25, -0.2) is 4.98 Å². The lowest BCUT2D eigenvalue weighted by Gasteiger charge is -2.05. The molecule has 0 aliphatic rings. The number of hydrogen-bond acceptors (Lipinski definition) is 2. The van der Waals surface area contributed by atoms with Crippen LogP contribution in [0.15, 0.2) is 42.7 Å². The van der Waals surface area contributed by atoms with Crippen molar-refractivity contribution in [2.45, 2.75) is 6.42 Å². The zero-order valence-electron chi connectivity index (χ0n) is 8.85. The van der Waals surface area contributed by atoms with E-state index in [-0.39, 0.29) is 0 Å². The monoisotopic (exact) mass is 201 g/mol. The van der Waals surface area contributed by atoms with E-state index in [4.69, 9.17) is 0 Å². The van der Waals surface area contributed by atoms with Crippen LogP contribution in [0, 0.1) is 0 Å². The molecule has 2 rings (SSSR count). The third kappa shape index (κ3) is 2.59. The number of benzene rings is 1. The van der Waals surface area contributed by atoms with Crippen molar-refractivity contribution >= 4 is 5.69 Å². The zero-order valence-corrected chi connectivity index (χ0v) is 8.85. The van der Waals surface area contributed by atoms with Crippen molar-refractivity contribution in [2.24, 2.45) is 7.05 Å². The van der Waals surface area contributed by atoms with Gasteiger partial charge < -0.3 is 9.88 Å². The van der Waals surface area contributed by atoms with E-state index in [2.05, 4.69) is 22.4 Å². The minimum atomic E-state index is 0.912. The molecule has 0 aliphatic carbocycles. The summed E-state index contributed by atoms with van der Waals surface area (Å²) in [6.45, 7) is 0.912. The SMILES string of the molecule is Cn1ccnc1CCNc1ccccc1. The first-order valence-corrected chi connectivity index (χ1v) is 5.11. The molecule has 0 radical (unpaired) electrons. The molecular formula is C12H15N3. The molecule has 0 saturated carbocycles. The van der Waals surface area contributed by atoms with E-state index in [9.17, 15) is 0 Å². The summed E-state index contributed by atoms with van der Waals surface area (Å²) in [5.41, 5.74) is 1.16. The lowest BCUT2D eigenvalue weighted by molar-refractivity contribution is 0.790. The minimum absolute atomic E-state index is 0.912. The van der Waals surface area contributed by atoms with Gasteiger partial charge in [-0.2, -0.15) is 0 Å². The molecule has 0 unspecified atom stereocenters. The minimum Gasteiger partial charge on any atom is -0.385 e. The average Bonchev–Trinajstić information content (AvgIpc) is 2.66. The molecule has 0 bridgehead atoms. The molecule has 3 nitrogen and oxygen atoms in total. The van der Waals surface area contributed by atoms with Crippen molar-refractivity contribution in [3.05, 3.63) is 48.5 Å². The van der Waals surface area contributed by atoms with Gasteiger partial charge in [0.25, 0.3) is 0 Å². The number of aryl methyl sites for hydroxylation is 1. The molecule has 3 heteroatoms. The van der Waals surface area contributed by atoms with Crippen LogP contribution in [0.4, 0.5) is 5.69 Å². The van der Waals surface area contributed by atoms with Crippen LogP contribution in [-0.2, 0) is 13.5 Å². The number of nitrogens with one attached hydrogen (secondary N) is 1. The fourth-order valence-corrected chi connectivity index (χ4v) is 1.51. The molecule has 1 aromatic carbocycles. The molecule has 1 N–H and O–H groups in total. The van der Waals surface area contributed by atoms with Crippen LogP contribution in [0.2, 0.25) is 0 Å². The van der Waals surface area contributed by atoms with Crippen LogP contribution in [0.3, 0.4) is 0 Å². The summed E-state index contributed by atoms with van der Waals surface area (Å²) in [5.74, 6) is 1.11. The van der Waals surface area contributed by atoms with Crippen molar-refractivity contribution in [3.63, 3.8) is 0 Å². The van der Waals surface area contributed by atoms with E-state index in [1.165, 1.54) is 0 Å². The lowest BCUT2D eigenvalue weighted by Crippen LogP contribution is -2.08. The van der Waals surface area contributed by atoms with Crippen LogP contribution < -0.4 is 5.32 Å². The maximum absolute atomic E-state index is 4.27. The summed E-state index contributed by atoms with van der Waals surface area (Å²) in [6, 6.07) is 10.2. The summed E-state index contributed by atoms with van der Waals surface area (Å²) in [4.78, 5) is 4.27. The van der Waals surface area contributed by atoms with Crippen molar-refractivity contribution < 1.29 is 0 Å². The Hall–Kier alpha value is -1.77. The van der Waals surface area contributed by atoms with E-state index in [0.717, 1.165) is 24.5 Å². The fraction of sp³-hybridized carbons (Fsp3) is 0.250. The number of hydrogen-bond donors (Lipinski definition) is 1. The molecule has 15 heavy (non-hydrogen) atoms. The molecule has 0 amide bonds. The van der Waals surface area contributed by atoms with Gasteiger partial charge in [0.05, 0.1) is 0 Å². The van der Waals surface area contributed by atoms with Gasteiger partial charge in [-0.1, -0.05) is 18.2 Å². The normalized spacial score (nSPS) is 10.2. The summed E-state index contributed by atoms with van der Waals surface area (Å²) in [7, 11) is 2.02. The number of rotatable bonds is 4. The van der Waals surface area contributed by atoms with Gasteiger partial charge in [0, 0.05) is 38.1 Å². The first-order chi connectivity index (χ1) is 7.36. The second kappa shape index (κ2) is 4.64. The van der Waals surface area contributed by atoms with E-state index in [0.29, 0.717) is 0 Å². The van der Waals surface area contributed by atoms with Crippen LogP contribution in [0.25, 0.3) is 0 Å². The molecule has 1 aromatic heterocycles. The lowest BCUT2D eigenvalue weighted by atomic mass is 10.3. The molecule has 2 aromatic rings. The standard InChI is InChI=1S/C12H15N3/c1-15-10-9-14-12(15)7-8-13-11-5-3-2-4-6-11/h2-6,9-10,13H,7-8H2,1H3. The maximum atomic E-state index is 4.27. The summed E-state index contributed by atoms with van der Waals surface area (Å²) in [5, 5.41) is 3.36. The number of nitrogens with zero attached hydrogens (tertiary/aromatic N) is 2. The van der Waals surface area contributed by atoms with Crippen LogP contribution >= 0.6 is 0 Å². The number of imidazole rings is 1. The van der Waals surface area contributed by atoms with Crippen LogP contribution in [0.1, 0.15) is 5.82 Å². The Morgan fingerprint density at radius 1 is 1.27 bits per heavy atom. The highest BCUT2D eigenvalue weighted by atomic mass is 15.0. The molecule has 78 valence electrons. The van der Waals surface area contributed by atoms with E-state index in [1.54, 1.807) is 0 Å². The molecule has 0 fully saturated rings. The topological polar surface area (TPSA) is 29.9 Å². The van der Waals surface area contributed by atoms with Gasteiger partial charge in [-0.3, -0.25) is 0 Å². The Labute approximate surface area is 89.8 Å². The van der Waals surface area contributed by atoms with Crippen molar-refractivity contribution in [1.82, 2.24) is 9.55 Å². The molecule has 1 heterocycles. The van der Waals surface area contributed by atoms with E-state index in [1.807, 2.05) is 42.2 Å². The van der Waals surface area contributed by atoms with E-state index < -0.39 is 0 Å². The van der Waals surface area contributed by atoms with E-state index >= 15 is 0 Å². The first-order valence-electron chi connectivity index (χ1n) is 5.11. The summed E-state index contributed by atoms with van der Waals surface area (Å²) >= 11 is 0. The second-order valence-corrected chi connectivity index (χ2v) is 3.50. The predicted molar refractivity (Wildman–Crippen MR) is 61.8 cm³/mol. The Balaban J connectivity index is 1.83. The van der Waals surface area contributed by atoms with Crippen LogP contribution in [0.5, 0.6) is 0 Å². The third-order valence-corrected chi connectivity index (χ3v) is 2.37. The highest BCUT2D eigenvalue weighted by Gasteiger charge is 1.97. The van der Waals surface area contributed by atoms with Gasteiger partial charge in [-0.05, 0) is 12.1 Å². The Morgan fingerprint density at radius 2 is 2.07 bits per heavy atom. The van der Waals surface area contributed by atoms with Gasteiger partial charge in [0.1, 0.15) is 5.82 Å². The molecule has 0 atom stereocenters. The summed E-state index contributed by atoms with van der Waals surface area (Å²) < 4.78 is 2.05. The van der Waals surface area contributed by atoms with Crippen molar-refractivity contribution in [2.75, 3.05) is 11.9 Å². The number of para-hydroxylation sites is 1. The maximum Gasteiger partial charge on any atom is 0.110 e. The summed E-state index contributed by atoms with van der Waals surface area (Å²) in [6.07, 6.45) is 4.74. The predicted octanol–water partition coefficient (Wildman–Crippen LogP) is 2.07. The second-order valence-electron chi connectivity index (χ2n) is 3.50. The Kier molecular flexibility index (Phi) is 3.02. The molecule has 0 spiro atoms. The number of aromatic nitrogens is 2. The molecule has 0 saturated heterocycles. The highest BCUT2D eigenvalue weighted by Crippen LogP contribution is 2.05. The molecular weight excluding hydrogens is 186 g/mol. The van der Waals surface area contributed by atoms with Gasteiger partial charge in [-0.15, -0.1) is 0 Å². The average molecular weight is 201 g/mol. The van der Waals surface area contributed by atoms with Gasteiger partial charge >= 0.3 is 0 Å². The third-order valence-electron chi connectivity index (χ3n) is 2.37. The van der Waals surface area contributed by atoms with Gasteiger partial charge in [0.2, 0.25) is 0 Å². The molecule has 0 aliphatic heterocycles. The number of anilines is 1. The van der Waals surface area contributed by atoms with Crippen molar-refractivity contribution in [3.8, 4) is 0 Å². The zero-order chi connectivity index (χ0) is 10.5.